The molecule has 0 unspecified atom stereocenters. The molecule has 1 amide bonds. The molecule has 2 rings (SSSR count). The minimum atomic E-state index is -5.08. The average molecular weight is 282 g/mol. The zero-order chi connectivity index (χ0) is 14.5. The molecule has 1 atom stereocenters. The summed E-state index contributed by atoms with van der Waals surface area (Å²) in [6.07, 6.45) is 0.710. The molecule has 0 bridgehead atoms. The second kappa shape index (κ2) is 6.74. The molecule has 0 aromatic carbocycles. The number of hydrogen-bond acceptors (Lipinski definition) is 3. The van der Waals surface area contributed by atoms with Crippen molar-refractivity contribution in [2.75, 3.05) is 6.54 Å². The number of amides is 1. The summed E-state index contributed by atoms with van der Waals surface area (Å²) < 4.78 is 31.7. The predicted molar refractivity (Wildman–Crippen MR) is 60.5 cm³/mol. The molecule has 0 aromatic rings. The lowest BCUT2D eigenvalue weighted by molar-refractivity contribution is -0.192. The van der Waals surface area contributed by atoms with E-state index in [1.807, 2.05) is 0 Å². The van der Waals surface area contributed by atoms with Crippen LogP contribution in [0.5, 0.6) is 0 Å². The third-order valence-electron chi connectivity index (χ3n) is 3.07. The zero-order valence-corrected chi connectivity index (χ0v) is 10.3. The molecule has 19 heavy (non-hydrogen) atoms. The van der Waals surface area contributed by atoms with E-state index >= 15 is 0 Å². The monoisotopic (exact) mass is 282 g/mol. The fourth-order valence-electron chi connectivity index (χ4n) is 1.76. The van der Waals surface area contributed by atoms with Gasteiger partial charge in [-0.1, -0.05) is 0 Å². The second-order valence-corrected chi connectivity index (χ2v) is 4.59. The van der Waals surface area contributed by atoms with Crippen molar-refractivity contribution < 1.29 is 27.9 Å². The lowest BCUT2D eigenvalue weighted by Crippen LogP contribution is -2.47. The smallest absolute Gasteiger partial charge is 0.475 e. The normalized spacial score (nSPS) is 23.0. The maximum Gasteiger partial charge on any atom is 0.490 e. The van der Waals surface area contributed by atoms with Crippen LogP contribution in [0.15, 0.2) is 0 Å². The van der Waals surface area contributed by atoms with Crippen molar-refractivity contribution >= 4 is 11.9 Å². The van der Waals surface area contributed by atoms with Gasteiger partial charge in [0.15, 0.2) is 0 Å². The largest absolute Gasteiger partial charge is 0.490 e. The van der Waals surface area contributed by atoms with Crippen molar-refractivity contribution in [3.8, 4) is 0 Å². The highest BCUT2D eigenvalue weighted by molar-refractivity contribution is 5.82. The first kappa shape index (κ1) is 15.7. The first-order chi connectivity index (χ1) is 8.80. The number of carboxylic acids is 1. The summed E-state index contributed by atoms with van der Waals surface area (Å²) in [5, 5.41) is 13.4. The molecule has 5 nitrogen and oxygen atoms in total. The predicted octanol–water partition coefficient (Wildman–Crippen LogP) is 1.04. The Labute approximate surface area is 108 Å². The van der Waals surface area contributed by atoms with Crippen LogP contribution in [-0.2, 0) is 9.59 Å². The Kier molecular flexibility index (Phi) is 5.59. The van der Waals surface area contributed by atoms with E-state index in [1.54, 1.807) is 0 Å². The Morgan fingerprint density at radius 1 is 1.16 bits per heavy atom. The highest BCUT2D eigenvalue weighted by Crippen LogP contribution is 2.18. The Balaban J connectivity index is 0.000000224. The molecule has 1 saturated carbocycles. The summed E-state index contributed by atoms with van der Waals surface area (Å²) in [6, 6.07) is 0.588. The summed E-state index contributed by atoms with van der Waals surface area (Å²) in [4.78, 5) is 20.4. The third-order valence-corrected chi connectivity index (χ3v) is 3.07. The highest BCUT2D eigenvalue weighted by atomic mass is 19.4. The van der Waals surface area contributed by atoms with E-state index in [2.05, 4.69) is 10.6 Å². The number of rotatable bonds is 2. The Morgan fingerprint density at radius 2 is 1.74 bits per heavy atom. The fourth-order valence-corrected chi connectivity index (χ4v) is 1.76. The summed E-state index contributed by atoms with van der Waals surface area (Å²) in [5.74, 6) is -2.54. The maximum absolute atomic E-state index is 11.5. The van der Waals surface area contributed by atoms with Gasteiger partial charge in [-0.3, -0.25) is 4.79 Å². The first-order valence-electron chi connectivity index (χ1n) is 6.14. The number of aliphatic carboxylic acids is 1. The Hall–Kier alpha value is -1.31. The molecule has 110 valence electrons. The molecular formula is C11H17F3N2O3. The van der Waals surface area contributed by atoms with Gasteiger partial charge in [0, 0.05) is 6.04 Å². The lowest BCUT2D eigenvalue weighted by atomic mass is 9.93. The summed E-state index contributed by atoms with van der Waals surface area (Å²) in [7, 11) is 0. The van der Waals surface area contributed by atoms with Crippen molar-refractivity contribution in [1.82, 2.24) is 10.6 Å². The maximum atomic E-state index is 11.5. The van der Waals surface area contributed by atoms with Gasteiger partial charge in [0.1, 0.15) is 0 Å². The summed E-state index contributed by atoms with van der Waals surface area (Å²) in [5.41, 5.74) is 0. The van der Waals surface area contributed by atoms with Crippen LogP contribution in [0.3, 0.4) is 0 Å². The first-order valence-corrected chi connectivity index (χ1v) is 6.14. The van der Waals surface area contributed by atoms with Gasteiger partial charge in [0.05, 0.1) is 6.04 Å². The van der Waals surface area contributed by atoms with Crippen LogP contribution >= 0.6 is 0 Å². The van der Waals surface area contributed by atoms with Crippen LogP contribution in [0.4, 0.5) is 13.2 Å². The number of alkyl halides is 3. The molecule has 1 aliphatic carbocycles. The van der Waals surface area contributed by atoms with Crippen molar-refractivity contribution in [1.29, 1.82) is 0 Å². The molecule has 0 radical (unpaired) electrons. The molecule has 2 aliphatic rings. The minimum Gasteiger partial charge on any atom is -0.475 e. The van der Waals surface area contributed by atoms with Gasteiger partial charge in [-0.15, -0.1) is 0 Å². The van der Waals surface area contributed by atoms with Gasteiger partial charge in [-0.2, -0.15) is 13.2 Å². The number of carbonyl (C=O) groups is 2. The number of halogens is 3. The second-order valence-electron chi connectivity index (χ2n) is 4.59. The zero-order valence-electron chi connectivity index (χ0n) is 10.3. The quantitative estimate of drug-likeness (QED) is 0.707. The fraction of sp³-hybridized carbons (Fsp3) is 0.818. The summed E-state index contributed by atoms with van der Waals surface area (Å²) >= 11 is 0. The van der Waals surface area contributed by atoms with E-state index < -0.39 is 12.1 Å². The number of carboxylic acid groups (broad SMARTS) is 1. The van der Waals surface area contributed by atoms with Gasteiger partial charge in [0.25, 0.3) is 0 Å². The van der Waals surface area contributed by atoms with Crippen molar-refractivity contribution in [3.63, 3.8) is 0 Å². The van der Waals surface area contributed by atoms with E-state index in [-0.39, 0.29) is 11.9 Å². The van der Waals surface area contributed by atoms with Crippen molar-refractivity contribution in [2.45, 2.75) is 50.4 Å². The van der Waals surface area contributed by atoms with Gasteiger partial charge < -0.3 is 15.7 Å². The van der Waals surface area contributed by atoms with Gasteiger partial charge in [-0.05, 0) is 38.6 Å². The highest BCUT2D eigenvalue weighted by Gasteiger charge is 2.38. The molecule has 0 aromatic heterocycles. The van der Waals surface area contributed by atoms with Crippen LogP contribution in [0.1, 0.15) is 32.1 Å². The molecule has 1 aliphatic heterocycles. The summed E-state index contributed by atoms with van der Waals surface area (Å²) in [6.45, 7) is 1.00. The molecule has 1 saturated heterocycles. The van der Waals surface area contributed by atoms with Gasteiger partial charge in [-0.25, -0.2) is 4.79 Å². The van der Waals surface area contributed by atoms with E-state index in [9.17, 15) is 18.0 Å². The van der Waals surface area contributed by atoms with Crippen molar-refractivity contribution in [3.05, 3.63) is 0 Å². The molecular weight excluding hydrogens is 265 g/mol. The van der Waals surface area contributed by atoms with Crippen LogP contribution in [0, 0.1) is 0 Å². The lowest BCUT2D eigenvalue weighted by Gasteiger charge is -2.27. The molecule has 1 heterocycles. The number of carbonyl (C=O) groups excluding carboxylic acids is 1. The van der Waals surface area contributed by atoms with E-state index in [4.69, 9.17) is 9.90 Å². The van der Waals surface area contributed by atoms with Gasteiger partial charge >= 0.3 is 12.1 Å². The SMILES string of the molecule is O=C(NC1CCC1)[C@@H]1CCCN1.O=C(O)C(F)(F)F. The average Bonchev–Trinajstić information content (AvgIpc) is 2.76. The van der Waals surface area contributed by atoms with E-state index in [0.717, 1.165) is 19.4 Å². The Bertz CT molecular complexity index is 324. The minimum absolute atomic E-state index is 0.102. The third kappa shape index (κ3) is 5.46. The molecule has 0 spiro atoms. The molecule has 3 N–H and O–H groups in total. The molecule has 8 heteroatoms. The van der Waals surface area contributed by atoms with E-state index in [1.165, 1.54) is 19.3 Å². The topological polar surface area (TPSA) is 78.4 Å². The molecule has 2 fully saturated rings. The standard InChI is InChI=1S/C9H16N2O.C2HF3O2/c12-9(8-5-2-6-10-8)11-7-3-1-4-7;3-2(4,5)1(6)7/h7-8,10H,1-6H2,(H,11,12);(H,6,7)/t8-;/m0./s1. The Morgan fingerprint density at radius 3 is 2.05 bits per heavy atom. The van der Waals surface area contributed by atoms with Crippen molar-refractivity contribution in [2.24, 2.45) is 0 Å². The van der Waals surface area contributed by atoms with E-state index in [0.29, 0.717) is 6.04 Å². The van der Waals surface area contributed by atoms with Gasteiger partial charge in [0.2, 0.25) is 5.91 Å². The van der Waals surface area contributed by atoms with Crippen LogP contribution in [-0.4, -0.2) is 41.8 Å². The number of hydrogen-bond donors (Lipinski definition) is 3. The van der Waals surface area contributed by atoms with Crippen LogP contribution < -0.4 is 10.6 Å². The van der Waals surface area contributed by atoms with Crippen LogP contribution in [0.2, 0.25) is 0 Å². The van der Waals surface area contributed by atoms with Crippen LogP contribution in [0.25, 0.3) is 0 Å². The number of nitrogens with one attached hydrogen (secondary N) is 2.